The molecular formula is C11H9FN2O2S. The van der Waals surface area contributed by atoms with Crippen LogP contribution in [0.1, 0.15) is 17.2 Å². The minimum Gasteiger partial charge on any atom is -0.320 e. The maximum Gasteiger partial charge on any atom is 0.277 e. The normalized spacial score (nSPS) is 12.4. The molecule has 2 N–H and O–H groups in total. The van der Waals surface area contributed by atoms with Gasteiger partial charge in [0, 0.05) is 0 Å². The van der Waals surface area contributed by atoms with Gasteiger partial charge in [0.2, 0.25) is 0 Å². The summed E-state index contributed by atoms with van der Waals surface area (Å²) in [6.45, 7) is 0. The Morgan fingerprint density at radius 3 is 2.76 bits per heavy atom. The second kappa shape index (κ2) is 4.60. The Morgan fingerprint density at radius 1 is 1.41 bits per heavy atom. The Bertz CT molecular complexity index is 542. The van der Waals surface area contributed by atoms with Crippen LogP contribution in [0.25, 0.3) is 0 Å². The van der Waals surface area contributed by atoms with Crippen molar-refractivity contribution in [2.75, 3.05) is 0 Å². The minimum absolute atomic E-state index is 0.288. The monoisotopic (exact) mass is 252 g/mol. The third-order valence-corrected chi connectivity index (χ3v) is 3.13. The molecule has 1 atom stereocenters. The number of rotatable bonds is 3. The van der Waals surface area contributed by atoms with Gasteiger partial charge in [0.05, 0.1) is 22.6 Å². The maximum absolute atomic E-state index is 13.0. The molecule has 2 rings (SSSR count). The molecule has 0 saturated carbocycles. The van der Waals surface area contributed by atoms with Crippen molar-refractivity contribution in [3.63, 3.8) is 0 Å². The molecule has 0 radical (unpaired) electrons. The summed E-state index contributed by atoms with van der Waals surface area (Å²) < 4.78 is 13.0. The van der Waals surface area contributed by atoms with E-state index in [1.165, 1.54) is 23.5 Å². The lowest BCUT2D eigenvalue weighted by molar-refractivity contribution is -0.385. The first kappa shape index (κ1) is 11.7. The Balaban J connectivity index is 2.48. The fourth-order valence-electron chi connectivity index (χ4n) is 1.57. The van der Waals surface area contributed by atoms with Gasteiger partial charge in [-0.05, 0) is 34.5 Å². The average Bonchev–Trinajstić information content (AvgIpc) is 2.81. The molecule has 0 unspecified atom stereocenters. The molecule has 0 aliphatic heterocycles. The Kier molecular flexibility index (Phi) is 3.16. The lowest BCUT2D eigenvalue weighted by Crippen LogP contribution is -2.13. The molecule has 0 aliphatic rings. The first-order chi connectivity index (χ1) is 8.09. The molecule has 0 amide bonds. The van der Waals surface area contributed by atoms with Crippen molar-refractivity contribution >= 4 is 17.0 Å². The van der Waals surface area contributed by atoms with Gasteiger partial charge in [0.25, 0.3) is 5.69 Å². The number of nitrogens with zero attached hydrogens (tertiary/aromatic N) is 1. The van der Waals surface area contributed by atoms with Gasteiger partial charge in [-0.25, -0.2) is 4.39 Å². The van der Waals surface area contributed by atoms with Crippen molar-refractivity contribution in [1.82, 2.24) is 0 Å². The van der Waals surface area contributed by atoms with E-state index in [2.05, 4.69) is 0 Å². The van der Waals surface area contributed by atoms with Crippen molar-refractivity contribution in [2.45, 2.75) is 6.04 Å². The van der Waals surface area contributed by atoms with Crippen LogP contribution >= 0.6 is 11.3 Å². The van der Waals surface area contributed by atoms with E-state index in [0.717, 1.165) is 11.6 Å². The molecule has 0 bridgehead atoms. The number of nitro groups is 1. The zero-order valence-corrected chi connectivity index (χ0v) is 9.49. The fourth-order valence-corrected chi connectivity index (χ4v) is 2.27. The highest BCUT2D eigenvalue weighted by Crippen LogP contribution is 2.29. The SMILES string of the molecule is N[C@H](c1ccsc1)c1ccc(F)cc1[N+](=O)[O-]. The van der Waals surface area contributed by atoms with Crippen LogP contribution in [-0.2, 0) is 0 Å². The maximum atomic E-state index is 13.0. The van der Waals surface area contributed by atoms with Crippen molar-refractivity contribution in [1.29, 1.82) is 0 Å². The lowest BCUT2D eigenvalue weighted by atomic mass is 10.0. The highest BCUT2D eigenvalue weighted by atomic mass is 32.1. The predicted molar refractivity (Wildman–Crippen MR) is 63.4 cm³/mol. The van der Waals surface area contributed by atoms with Gasteiger partial charge in [-0.2, -0.15) is 11.3 Å². The van der Waals surface area contributed by atoms with Crippen molar-refractivity contribution in [2.24, 2.45) is 5.73 Å². The number of halogens is 1. The summed E-state index contributed by atoms with van der Waals surface area (Å²) >= 11 is 1.46. The number of hydrogen-bond donors (Lipinski definition) is 1. The largest absolute Gasteiger partial charge is 0.320 e. The van der Waals surface area contributed by atoms with Gasteiger partial charge in [-0.15, -0.1) is 0 Å². The Morgan fingerprint density at radius 2 is 2.18 bits per heavy atom. The molecule has 17 heavy (non-hydrogen) atoms. The van der Waals surface area contributed by atoms with E-state index in [0.29, 0.717) is 5.56 Å². The van der Waals surface area contributed by atoms with Crippen LogP contribution in [0.4, 0.5) is 10.1 Å². The predicted octanol–water partition coefficient (Wildman–Crippen LogP) is 2.84. The number of hydrogen-bond acceptors (Lipinski definition) is 4. The third-order valence-electron chi connectivity index (χ3n) is 2.43. The smallest absolute Gasteiger partial charge is 0.277 e. The van der Waals surface area contributed by atoms with Crippen LogP contribution in [0.3, 0.4) is 0 Å². The molecule has 1 aromatic carbocycles. The molecular weight excluding hydrogens is 243 g/mol. The van der Waals surface area contributed by atoms with Crippen LogP contribution in [-0.4, -0.2) is 4.92 Å². The van der Waals surface area contributed by atoms with E-state index in [1.54, 1.807) is 6.07 Å². The second-order valence-corrected chi connectivity index (χ2v) is 4.27. The van der Waals surface area contributed by atoms with Gasteiger partial charge >= 0.3 is 0 Å². The minimum atomic E-state index is -0.641. The van der Waals surface area contributed by atoms with E-state index in [-0.39, 0.29) is 5.69 Å². The van der Waals surface area contributed by atoms with Crippen molar-refractivity contribution in [3.05, 3.63) is 62.1 Å². The highest BCUT2D eigenvalue weighted by molar-refractivity contribution is 7.08. The van der Waals surface area contributed by atoms with Crippen LogP contribution in [0.15, 0.2) is 35.0 Å². The van der Waals surface area contributed by atoms with E-state index in [4.69, 9.17) is 5.73 Å². The number of thiophene rings is 1. The number of benzene rings is 1. The van der Waals surface area contributed by atoms with Crippen molar-refractivity contribution in [3.8, 4) is 0 Å². The summed E-state index contributed by atoms with van der Waals surface area (Å²) in [6, 6.07) is 4.61. The summed E-state index contributed by atoms with van der Waals surface area (Å²) in [5.41, 5.74) is 6.74. The van der Waals surface area contributed by atoms with Gasteiger partial charge < -0.3 is 5.73 Å². The average molecular weight is 252 g/mol. The van der Waals surface area contributed by atoms with Crippen LogP contribution in [0.5, 0.6) is 0 Å². The van der Waals surface area contributed by atoms with Gasteiger partial charge in [-0.1, -0.05) is 0 Å². The first-order valence-corrected chi connectivity index (χ1v) is 5.75. The Labute approximate surface area is 101 Å². The topological polar surface area (TPSA) is 69.2 Å². The summed E-state index contributed by atoms with van der Waals surface area (Å²) in [7, 11) is 0. The zero-order valence-electron chi connectivity index (χ0n) is 8.67. The van der Waals surface area contributed by atoms with Gasteiger partial charge in [-0.3, -0.25) is 10.1 Å². The van der Waals surface area contributed by atoms with E-state index in [9.17, 15) is 14.5 Å². The summed E-state index contributed by atoms with van der Waals surface area (Å²) in [6.07, 6.45) is 0. The van der Waals surface area contributed by atoms with E-state index < -0.39 is 16.8 Å². The lowest BCUT2D eigenvalue weighted by Gasteiger charge is -2.10. The first-order valence-electron chi connectivity index (χ1n) is 4.81. The number of nitrogens with two attached hydrogens (primary N) is 1. The van der Waals surface area contributed by atoms with E-state index in [1.807, 2.05) is 10.8 Å². The van der Waals surface area contributed by atoms with Crippen molar-refractivity contribution < 1.29 is 9.31 Å². The highest BCUT2D eigenvalue weighted by Gasteiger charge is 2.21. The quantitative estimate of drug-likeness (QED) is 0.674. The molecule has 4 nitrogen and oxygen atoms in total. The molecule has 0 saturated heterocycles. The molecule has 2 aromatic rings. The Hall–Kier alpha value is -1.79. The van der Waals surface area contributed by atoms with Crippen LogP contribution < -0.4 is 5.73 Å². The molecule has 1 heterocycles. The van der Waals surface area contributed by atoms with Gasteiger partial charge in [0.1, 0.15) is 5.82 Å². The zero-order chi connectivity index (χ0) is 12.4. The van der Waals surface area contributed by atoms with E-state index >= 15 is 0 Å². The molecule has 0 fully saturated rings. The molecule has 0 spiro atoms. The summed E-state index contributed by atoms with van der Waals surface area (Å²) in [5, 5.41) is 14.5. The number of nitro benzene ring substituents is 1. The second-order valence-electron chi connectivity index (χ2n) is 3.49. The standard InChI is InChI=1S/C11H9FN2O2S/c12-8-1-2-9(10(5-8)14(15)16)11(13)7-3-4-17-6-7/h1-6,11H,13H2/t11-/m1/s1. The van der Waals surface area contributed by atoms with Crippen LogP contribution in [0, 0.1) is 15.9 Å². The molecule has 0 aliphatic carbocycles. The third kappa shape index (κ3) is 2.32. The van der Waals surface area contributed by atoms with Crippen LogP contribution in [0.2, 0.25) is 0 Å². The van der Waals surface area contributed by atoms with Gasteiger partial charge in [0.15, 0.2) is 0 Å². The molecule has 88 valence electrons. The summed E-state index contributed by atoms with van der Waals surface area (Å²) in [5.74, 6) is -0.641. The molecule has 6 heteroatoms. The fraction of sp³-hybridized carbons (Fsp3) is 0.0909. The molecule has 1 aromatic heterocycles. The summed E-state index contributed by atoms with van der Waals surface area (Å²) in [4.78, 5) is 10.2.